The van der Waals surface area contributed by atoms with Gasteiger partial charge in [0.15, 0.2) is 0 Å². The molecule has 3 N–H and O–H groups in total. The summed E-state index contributed by atoms with van der Waals surface area (Å²) in [5, 5.41) is 3.13. The van der Waals surface area contributed by atoms with Gasteiger partial charge < -0.3 is 20.7 Å². The van der Waals surface area contributed by atoms with Crippen molar-refractivity contribution in [2.45, 2.75) is 58.5 Å². The number of nitrogens with zero attached hydrogens (tertiary/aromatic N) is 1. The van der Waals surface area contributed by atoms with Crippen LogP contribution in [0.5, 0.6) is 0 Å². The Hall–Kier alpha value is -0.650. The fourth-order valence-corrected chi connectivity index (χ4v) is 2.92. The maximum absolute atomic E-state index is 12.0. The van der Waals surface area contributed by atoms with Crippen LogP contribution in [-0.2, 0) is 9.53 Å². The molecule has 0 aromatic heterocycles. The Labute approximate surface area is 129 Å². The molecule has 1 fully saturated rings. The second kappa shape index (κ2) is 10.1. The average molecular weight is 299 g/mol. The average Bonchev–Trinajstić information content (AvgIpc) is 2.46. The van der Waals surface area contributed by atoms with Gasteiger partial charge in [-0.15, -0.1) is 0 Å². The second-order valence-corrected chi connectivity index (χ2v) is 6.13. The number of nitrogens with one attached hydrogen (secondary N) is 1. The minimum absolute atomic E-state index is 0.0125. The van der Waals surface area contributed by atoms with E-state index in [0.29, 0.717) is 5.92 Å². The maximum Gasteiger partial charge on any atom is 0.237 e. The molecule has 0 aromatic rings. The zero-order valence-electron chi connectivity index (χ0n) is 13.9. The first-order chi connectivity index (χ1) is 10.1. The van der Waals surface area contributed by atoms with E-state index in [4.69, 9.17) is 10.5 Å². The van der Waals surface area contributed by atoms with Crippen LogP contribution >= 0.6 is 0 Å². The summed E-state index contributed by atoms with van der Waals surface area (Å²) >= 11 is 0. The molecule has 1 heterocycles. The monoisotopic (exact) mass is 299 g/mol. The largest absolute Gasteiger partial charge is 0.382 e. The zero-order chi connectivity index (χ0) is 15.7. The number of rotatable bonds is 9. The predicted octanol–water partition coefficient (Wildman–Crippen LogP) is 1.37. The molecule has 1 rings (SSSR count). The highest BCUT2D eigenvalue weighted by molar-refractivity contribution is 5.81. The van der Waals surface area contributed by atoms with Crippen LogP contribution in [0.25, 0.3) is 0 Å². The van der Waals surface area contributed by atoms with E-state index < -0.39 is 0 Å². The van der Waals surface area contributed by atoms with Crippen LogP contribution in [0.4, 0.5) is 0 Å². The Kier molecular flexibility index (Phi) is 8.88. The fourth-order valence-electron chi connectivity index (χ4n) is 2.92. The van der Waals surface area contributed by atoms with Gasteiger partial charge in [0.2, 0.25) is 5.91 Å². The lowest BCUT2D eigenvalue weighted by atomic mass is 9.93. The molecule has 0 saturated carbocycles. The quantitative estimate of drug-likeness (QED) is 0.631. The van der Waals surface area contributed by atoms with Crippen molar-refractivity contribution in [1.82, 2.24) is 10.2 Å². The SMILES string of the molecule is CCCC(N)C(=O)NC1CCN(CCCOCC)CC1C. The smallest absolute Gasteiger partial charge is 0.237 e. The minimum Gasteiger partial charge on any atom is -0.382 e. The van der Waals surface area contributed by atoms with Crippen molar-refractivity contribution in [1.29, 1.82) is 0 Å². The van der Waals surface area contributed by atoms with Gasteiger partial charge in [-0.1, -0.05) is 20.3 Å². The van der Waals surface area contributed by atoms with Crippen LogP contribution in [0, 0.1) is 5.92 Å². The number of amides is 1. The van der Waals surface area contributed by atoms with Gasteiger partial charge in [-0.2, -0.15) is 0 Å². The molecule has 21 heavy (non-hydrogen) atoms. The number of hydrogen-bond donors (Lipinski definition) is 2. The lowest BCUT2D eigenvalue weighted by Crippen LogP contribution is -2.53. The van der Waals surface area contributed by atoms with E-state index in [9.17, 15) is 4.79 Å². The summed E-state index contributed by atoms with van der Waals surface area (Å²) < 4.78 is 5.38. The van der Waals surface area contributed by atoms with E-state index in [1.165, 1.54) is 0 Å². The van der Waals surface area contributed by atoms with Crippen LogP contribution < -0.4 is 11.1 Å². The molecule has 0 aromatic carbocycles. The number of piperidine rings is 1. The van der Waals surface area contributed by atoms with Crippen LogP contribution in [-0.4, -0.2) is 55.7 Å². The standard InChI is InChI=1S/C16H33N3O2/c1-4-7-14(17)16(20)18-15-8-10-19(12-13(15)3)9-6-11-21-5-2/h13-15H,4-12,17H2,1-3H3,(H,18,20). The van der Waals surface area contributed by atoms with E-state index in [2.05, 4.69) is 24.1 Å². The van der Waals surface area contributed by atoms with E-state index >= 15 is 0 Å². The highest BCUT2D eigenvalue weighted by Gasteiger charge is 2.28. The molecular formula is C16H33N3O2. The van der Waals surface area contributed by atoms with E-state index in [1.807, 2.05) is 6.92 Å². The molecule has 0 bridgehead atoms. The summed E-state index contributed by atoms with van der Waals surface area (Å²) in [4.78, 5) is 14.5. The van der Waals surface area contributed by atoms with Gasteiger partial charge in [-0.3, -0.25) is 4.79 Å². The minimum atomic E-state index is -0.355. The molecule has 124 valence electrons. The topological polar surface area (TPSA) is 67.6 Å². The number of hydrogen-bond acceptors (Lipinski definition) is 4. The van der Waals surface area contributed by atoms with Crippen LogP contribution in [0.3, 0.4) is 0 Å². The van der Waals surface area contributed by atoms with E-state index in [-0.39, 0.29) is 18.0 Å². The number of ether oxygens (including phenoxy) is 1. The molecule has 1 aliphatic rings. The van der Waals surface area contributed by atoms with Gasteiger partial charge in [-0.25, -0.2) is 0 Å². The van der Waals surface area contributed by atoms with Gasteiger partial charge in [0, 0.05) is 38.9 Å². The van der Waals surface area contributed by atoms with Crippen molar-refractivity contribution in [3.63, 3.8) is 0 Å². The normalized spacial score (nSPS) is 24.8. The second-order valence-electron chi connectivity index (χ2n) is 6.13. The van der Waals surface area contributed by atoms with Gasteiger partial charge in [0.1, 0.15) is 0 Å². The number of likely N-dealkylation sites (tertiary alicyclic amines) is 1. The summed E-state index contributed by atoms with van der Waals surface area (Å²) in [5.74, 6) is 0.488. The van der Waals surface area contributed by atoms with Crippen molar-refractivity contribution in [2.24, 2.45) is 11.7 Å². The van der Waals surface area contributed by atoms with Crippen molar-refractivity contribution in [3.8, 4) is 0 Å². The van der Waals surface area contributed by atoms with Crippen molar-refractivity contribution >= 4 is 5.91 Å². The van der Waals surface area contributed by atoms with E-state index in [1.54, 1.807) is 0 Å². The fraction of sp³-hybridized carbons (Fsp3) is 0.938. The summed E-state index contributed by atoms with van der Waals surface area (Å²) in [6, 6.07) is -0.0880. The lowest BCUT2D eigenvalue weighted by Gasteiger charge is -2.37. The Balaban J connectivity index is 2.27. The highest BCUT2D eigenvalue weighted by atomic mass is 16.5. The first-order valence-corrected chi connectivity index (χ1v) is 8.44. The maximum atomic E-state index is 12.0. The summed E-state index contributed by atoms with van der Waals surface area (Å²) in [6.07, 6.45) is 3.80. The number of carbonyl (C=O) groups excluding carboxylic acids is 1. The van der Waals surface area contributed by atoms with E-state index in [0.717, 1.165) is 58.5 Å². The van der Waals surface area contributed by atoms with Crippen LogP contribution in [0.1, 0.15) is 46.5 Å². The summed E-state index contributed by atoms with van der Waals surface area (Å²) in [5.41, 5.74) is 5.88. The summed E-state index contributed by atoms with van der Waals surface area (Å²) in [7, 11) is 0. The summed E-state index contributed by atoms with van der Waals surface area (Å²) in [6.45, 7) is 11.1. The van der Waals surface area contributed by atoms with Crippen LogP contribution in [0.15, 0.2) is 0 Å². The predicted molar refractivity (Wildman–Crippen MR) is 86.1 cm³/mol. The number of carbonyl (C=O) groups is 1. The Morgan fingerprint density at radius 1 is 1.48 bits per heavy atom. The van der Waals surface area contributed by atoms with Gasteiger partial charge >= 0.3 is 0 Å². The first kappa shape index (κ1) is 18.4. The Morgan fingerprint density at radius 3 is 2.86 bits per heavy atom. The van der Waals surface area contributed by atoms with Crippen molar-refractivity contribution in [2.75, 3.05) is 32.8 Å². The van der Waals surface area contributed by atoms with Crippen LogP contribution in [0.2, 0.25) is 0 Å². The van der Waals surface area contributed by atoms with Gasteiger partial charge in [0.05, 0.1) is 6.04 Å². The first-order valence-electron chi connectivity index (χ1n) is 8.44. The third-order valence-electron chi connectivity index (χ3n) is 4.22. The number of nitrogens with two attached hydrogens (primary N) is 1. The molecule has 1 saturated heterocycles. The third-order valence-corrected chi connectivity index (χ3v) is 4.22. The van der Waals surface area contributed by atoms with Crippen molar-refractivity contribution < 1.29 is 9.53 Å². The Bertz CT molecular complexity index is 299. The molecule has 0 radical (unpaired) electrons. The molecule has 5 nitrogen and oxygen atoms in total. The molecule has 3 unspecified atom stereocenters. The Morgan fingerprint density at radius 2 is 2.24 bits per heavy atom. The third kappa shape index (κ3) is 6.76. The molecule has 1 amide bonds. The highest BCUT2D eigenvalue weighted by Crippen LogP contribution is 2.17. The molecule has 3 atom stereocenters. The lowest BCUT2D eigenvalue weighted by molar-refractivity contribution is -0.124. The molecule has 5 heteroatoms. The van der Waals surface area contributed by atoms with Gasteiger partial charge in [0.25, 0.3) is 0 Å². The zero-order valence-corrected chi connectivity index (χ0v) is 13.9. The molecular weight excluding hydrogens is 266 g/mol. The molecule has 1 aliphatic heterocycles. The van der Waals surface area contributed by atoms with Gasteiger partial charge in [-0.05, 0) is 32.1 Å². The molecule has 0 aliphatic carbocycles. The van der Waals surface area contributed by atoms with Crippen molar-refractivity contribution in [3.05, 3.63) is 0 Å². The molecule has 0 spiro atoms.